The van der Waals surface area contributed by atoms with E-state index in [2.05, 4.69) is 11.9 Å². The van der Waals surface area contributed by atoms with Crippen molar-refractivity contribution < 1.29 is 18.7 Å². The largest absolute Gasteiger partial charge is 0.497 e. The number of hydrogen-bond acceptors (Lipinski definition) is 4. The molecule has 1 heterocycles. The zero-order valence-corrected chi connectivity index (χ0v) is 20.1. The van der Waals surface area contributed by atoms with Gasteiger partial charge < -0.3 is 19.4 Å². The number of methoxy groups -OCH3 is 1. The Morgan fingerprint density at radius 3 is 2.20 bits per heavy atom. The smallest absolute Gasteiger partial charge is 0.258 e. The quantitative estimate of drug-likeness (QED) is 0.519. The lowest BCUT2D eigenvalue weighted by Gasteiger charge is -2.32. The summed E-state index contributed by atoms with van der Waals surface area (Å²) in [5, 5.41) is 0. The summed E-state index contributed by atoms with van der Waals surface area (Å²) >= 11 is 0. The zero-order chi connectivity index (χ0) is 24.8. The first-order valence-electron chi connectivity index (χ1n) is 11.7. The van der Waals surface area contributed by atoms with Gasteiger partial charge in [-0.15, -0.1) is 0 Å². The number of nitrogens with zero attached hydrogens (tertiary/aromatic N) is 3. The van der Waals surface area contributed by atoms with Crippen LogP contribution in [0.2, 0.25) is 0 Å². The number of piperazine rings is 1. The second kappa shape index (κ2) is 11.1. The Morgan fingerprint density at radius 2 is 1.57 bits per heavy atom. The fourth-order valence-electron chi connectivity index (χ4n) is 4.11. The van der Waals surface area contributed by atoms with Crippen LogP contribution < -0.4 is 9.64 Å². The van der Waals surface area contributed by atoms with Gasteiger partial charge >= 0.3 is 0 Å². The summed E-state index contributed by atoms with van der Waals surface area (Å²) in [5.41, 5.74) is 2.74. The Bertz CT molecular complexity index is 1160. The van der Waals surface area contributed by atoms with Crippen LogP contribution in [0.3, 0.4) is 0 Å². The number of amides is 2. The van der Waals surface area contributed by atoms with E-state index >= 15 is 0 Å². The molecule has 0 saturated carbocycles. The van der Waals surface area contributed by atoms with E-state index in [0.29, 0.717) is 18.7 Å². The summed E-state index contributed by atoms with van der Waals surface area (Å²) in [5.74, 6) is 0.0718. The van der Waals surface area contributed by atoms with Crippen molar-refractivity contribution in [2.75, 3.05) is 45.2 Å². The second-order valence-electron chi connectivity index (χ2n) is 8.78. The van der Waals surface area contributed by atoms with Gasteiger partial charge in [0.25, 0.3) is 5.91 Å². The molecule has 182 valence electrons. The standard InChI is InChI=1S/C28H30FN3O3/c1-30-14-16-31(17-15-30)27(33)18-21-6-10-25(11-7-21)32(20-22-8-12-26(35-2)13-9-22)28(34)23-4-3-5-24(29)19-23/h3-13,19H,14-18,20H2,1-2H3. The van der Waals surface area contributed by atoms with Crippen molar-refractivity contribution in [2.24, 2.45) is 0 Å². The van der Waals surface area contributed by atoms with E-state index in [1.165, 1.54) is 18.2 Å². The Hall–Kier alpha value is -3.71. The molecule has 1 fully saturated rings. The lowest BCUT2D eigenvalue weighted by Crippen LogP contribution is -2.47. The van der Waals surface area contributed by atoms with Gasteiger partial charge in [0.2, 0.25) is 5.91 Å². The van der Waals surface area contributed by atoms with E-state index in [0.717, 1.165) is 43.1 Å². The summed E-state index contributed by atoms with van der Waals surface area (Å²) in [6.45, 7) is 3.55. The van der Waals surface area contributed by atoms with Crippen LogP contribution in [0.4, 0.5) is 10.1 Å². The molecule has 1 aliphatic rings. The van der Waals surface area contributed by atoms with Crippen molar-refractivity contribution in [3.05, 3.63) is 95.3 Å². The van der Waals surface area contributed by atoms with Gasteiger partial charge in [0.05, 0.1) is 20.1 Å². The third-order valence-corrected chi connectivity index (χ3v) is 6.28. The number of carbonyl (C=O) groups excluding carboxylic acids is 2. The van der Waals surface area contributed by atoms with Gasteiger partial charge in [-0.3, -0.25) is 9.59 Å². The molecule has 4 rings (SSSR count). The van der Waals surface area contributed by atoms with Crippen LogP contribution in [-0.4, -0.2) is 62.0 Å². The molecule has 0 aromatic heterocycles. The van der Waals surface area contributed by atoms with Crippen molar-refractivity contribution in [3.63, 3.8) is 0 Å². The highest BCUT2D eigenvalue weighted by atomic mass is 19.1. The van der Waals surface area contributed by atoms with E-state index in [1.54, 1.807) is 18.1 Å². The molecule has 0 radical (unpaired) electrons. The maximum absolute atomic E-state index is 13.8. The summed E-state index contributed by atoms with van der Waals surface area (Å²) in [6.07, 6.45) is 0.320. The van der Waals surface area contributed by atoms with Gasteiger partial charge in [-0.1, -0.05) is 30.3 Å². The Labute approximate surface area is 205 Å². The molecule has 0 N–H and O–H groups in total. The van der Waals surface area contributed by atoms with E-state index in [-0.39, 0.29) is 17.4 Å². The molecule has 6 nitrogen and oxygen atoms in total. The Kier molecular flexibility index (Phi) is 7.77. The first-order valence-corrected chi connectivity index (χ1v) is 11.7. The highest BCUT2D eigenvalue weighted by Gasteiger charge is 2.21. The number of anilines is 1. The number of benzene rings is 3. The number of rotatable bonds is 7. The second-order valence-corrected chi connectivity index (χ2v) is 8.78. The molecule has 3 aromatic rings. The predicted octanol–water partition coefficient (Wildman–Crippen LogP) is 4.00. The van der Waals surface area contributed by atoms with E-state index in [9.17, 15) is 14.0 Å². The molecular weight excluding hydrogens is 445 g/mol. The minimum atomic E-state index is -0.460. The van der Waals surface area contributed by atoms with Crippen molar-refractivity contribution in [2.45, 2.75) is 13.0 Å². The van der Waals surface area contributed by atoms with E-state index in [4.69, 9.17) is 4.74 Å². The average molecular weight is 476 g/mol. The SMILES string of the molecule is COc1ccc(CN(C(=O)c2cccc(F)c2)c2ccc(CC(=O)N3CCN(C)CC3)cc2)cc1. The molecule has 0 atom stereocenters. The number of halogens is 1. The maximum Gasteiger partial charge on any atom is 0.258 e. The van der Waals surface area contributed by atoms with Gasteiger partial charge in [-0.2, -0.15) is 0 Å². The van der Waals surface area contributed by atoms with Crippen LogP contribution in [0.1, 0.15) is 21.5 Å². The van der Waals surface area contributed by atoms with Crippen LogP contribution in [-0.2, 0) is 17.8 Å². The molecule has 0 bridgehead atoms. The molecule has 1 saturated heterocycles. The van der Waals surface area contributed by atoms with Crippen LogP contribution in [0.15, 0.2) is 72.8 Å². The van der Waals surface area contributed by atoms with E-state index < -0.39 is 5.82 Å². The number of carbonyl (C=O) groups is 2. The zero-order valence-electron chi connectivity index (χ0n) is 20.1. The summed E-state index contributed by atoms with van der Waals surface area (Å²) in [4.78, 5) is 31.8. The van der Waals surface area contributed by atoms with Crippen molar-refractivity contribution >= 4 is 17.5 Å². The Balaban J connectivity index is 1.53. The first kappa shape index (κ1) is 24.4. The van der Waals surface area contributed by atoms with Crippen molar-refractivity contribution in [1.82, 2.24) is 9.80 Å². The minimum absolute atomic E-state index is 0.108. The summed E-state index contributed by atoms with van der Waals surface area (Å²) in [7, 11) is 3.66. The predicted molar refractivity (Wildman–Crippen MR) is 134 cm³/mol. The maximum atomic E-state index is 13.8. The molecule has 0 aliphatic carbocycles. The third kappa shape index (κ3) is 6.25. The van der Waals surface area contributed by atoms with Gasteiger partial charge in [-0.25, -0.2) is 4.39 Å². The lowest BCUT2D eigenvalue weighted by atomic mass is 10.1. The van der Waals surface area contributed by atoms with Gasteiger partial charge in [-0.05, 0) is 60.6 Å². The molecule has 0 spiro atoms. The molecule has 3 aromatic carbocycles. The van der Waals surface area contributed by atoms with Gasteiger partial charge in [0.1, 0.15) is 11.6 Å². The lowest BCUT2D eigenvalue weighted by molar-refractivity contribution is -0.132. The fraction of sp³-hybridized carbons (Fsp3) is 0.286. The average Bonchev–Trinajstić information content (AvgIpc) is 2.88. The molecule has 35 heavy (non-hydrogen) atoms. The van der Waals surface area contributed by atoms with Crippen LogP contribution in [0, 0.1) is 5.82 Å². The van der Waals surface area contributed by atoms with Crippen LogP contribution in [0.5, 0.6) is 5.75 Å². The van der Waals surface area contributed by atoms with Crippen LogP contribution in [0.25, 0.3) is 0 Å². The molecular formula is C28H30FN3O3. The number of likely N-dealkylation sites (N-methyl/N-ethyl adjacent to an activating group) is 1. The number of ether oxygens (including phenoxy) is 1. The summed E-state index contributed by atoms with van der Waals surface area (Å²) in [6, 6.07) is 20.6. The third-order valence-electron chi connectivity index (χ3n) is 6.28. The highest BCUT2D eigenvalue weighted by molar-refractivity contribution is 6.06. The van der Waals surface area contributed by atoms with Crippen LogP contribution >= 0.6 is 0 Å². The molecule has 0 unspecified atom stereocenters. The monoisotopic (exact) mass is 475 g/mol. The molecule has 1 aliphatic heterocycles. The summed E-state index contributed by atoms with van der Waals surface area (Å²) < 4.78 is 19.1. The molecule has 2 amide bonds. The minimum Gasteiger partial charge on any atom is -0.497 e. The molecule has 7 heteroatoms. The van der Waals surface area contributed by atoms with Gasteiger partial charge in [0, 0.05) is 37.4 Å². The van der Waals surface area contributed by atoms with Gasteiger partial charge in [0.15, 0.2) is 0 Å². The fourth-order valence-corrected chi connectivity index (χ4v) is 4.11. The first-order chi connectivity index (χ1) is 16.9. The highest BCUT2D eigenvalue weighted by Crippen LogP contribution is 2.23. The topological polar surface area (TPSA) is 53.1 Å². The van der Waals surface area contributed by atoms with Crippen molar-refractivity contribution in [3.8, 4) is 5.75 Å². The number of hydrogen-bond donors (Lipinski definition) is 0. The van der Waals surface area contributed by atoms with E-state index in [1.807, 2.05) is 53.4 Å². The Morgan fingerprint density at radius 1 is 0.914 bits per heavy atom. The van der Waals surface area contributed by atoms with Crippen molar-refractivity contribution in [1.29, 1.82) is 0 Å². The normalized spacial score (nSPS) is 14.0.